The average molecular weight is 319 g/mol. The summed E-state index contributed by atoms with van der Waals surface area (Å²) in [5.41, 5.74) is 4.43. The van der Waals surface area contributed by atoms with Gasteiger partial charge in [0.05, 0.1) is 17.2 Å². The van der Waals surface area contributed by atoms with Crippen molar-refractivity contribution in [1.29, 1.82) is 0 Å². The number of aromatic nitrogens is 3. The lowest BCUT2D eigenvalue weighted by molar-refractivity contribution is 0.797. The second kappa shape index (κ2) is 6.43. The van der Waals surface area contributed by atoms with Crippen LogP contribution in [0.1, 0.15) is 12.0 Å². The summed E-state index contributed by atoms with van der Waals surface area (Å²) in [7, 11) is 0. The van der Waals surface area contributed by atoms with Crippen LogP contribution in [0.4, 0.5) is 11.5 Å². The number of rotatable bonds is 2. The van der Waals surface area contributed by atoms with Crippen LogP contribution in [-0.2, 0) is 0 Å². The van der Waals surface area contributed by atoms with Gasteiger partial charge in [-0.1, -0.05) is 12.1 Å². The number of para-hydroxylation sites is 2. The highest BCUT2D eigenvalue weighted by Crippen LogP contribution is 2.22. The molecule has 0 spiro atoms. The van der Waals surface area contributed by atoms with Gasteiger partial charge in [-0.25, -0.2) is 4.98 Å². The third kappa shape index (κ3) is 2.89. The van der Waals surface area contributed by atoms with Crippen LogP contribution in [0.5, 0.6) is 0 Å². The molecule has 5 heteroatoms. The van der Waals surface area contributed by atoms with E-state index in [0.717, 1.165) is 49.5 Å². The second-order valence-corrected chi connectivity index (χ2v) is 6.21. The molecule has 1 aliphatic rings. The van der Waals surface area contributed by atoms with Crippen molar-refractivity contribution < 1.29 is 0 Å². The third-order valence-electron chi connectivity index (χ3n) is 4.59. The van der Waals surface area contributed by atoms with Crippen LogP contribution in [0.3, 0.4) is 0 Å². The van der Waals surface area contributed by atoms with Gasteiger partial charge in [0.2, 0.25) is 0 Å². The molecular weight excluding hydrogens is 298 g/mol. The molecule has 0 amide bonds. The lowest BCUT2D eigenvalue weighted by Gasteiger charge is -2.25. The third-order valence-corrected chi connectivity index (χ3v) is 4.59. The molecule has 0 N–H and O–H groups in total. The summed E-state index contributed by atoms with van der Waals surface area (Å²) in [6.07, 6.45) is 6.82. The van der Waals surface area contributed by atoms with Crippen molar-refractivity contribution >= 4 is 22.5 Å². The first-order valence-corrected chi connectivity index (χ1v) is 8.43. The molecule has 0 bridgehead atoms. The summed E-state index contributed by atoms with van der Waals surface area (Å²) in [6, 6.07) is 10.1. The van der Waals surface area contributed by atoms with E-state index >= 15 is 0 Å². The number of benzene rings is 1. The maximum atomic E-state index is 4.79. The van der Waals surface area contributed by atoms with Crippen LogP contribution < -0.4 is 9.80 Å². The van der Waals surface area contributed by atoms with Crippen molar-refractivity contribution in [2.45, 2.75) is 13.3 Å². The van der Waals surface area contributed by atoms with E-state index in [1.54, 1.807) is 0 Å². The van der Waals surface area contributed by atoms with Gasteiger partial charge in [-0.3, -0.25) is 9.97 Å². The minimum Gasteiger partial charge on any atom is -0.369 e. The van der Waals surface area contributed by atoms with Gasteiger partial charge in [0.15, 0.2) is 0 Å². The van der Waals surface area contributed by atoms with Gasteiger partial charge < -0.3 is 9.80 Å². The smallest absolute Gasteiger partial charge is 0.147 e. The predicted octanol–water partition coefficient (Wildman–Crippen LogP) is 3.05. The van der Waals surface area contributed by atoms with E-state index in [0.29, 0.717) is 0 Å². The highest BCUT2D eigenvalue weighted by molar-refractivity contribution is 5.75. The summed E-state index contributed by atoms with van der Waals surface area (Å²) in [5, 5.41) is 0. The largest absolute Gasteiger partial charge is 0.369 e. The molecule has 3 aromatic rings. The zero-order valence-electron chi connectivity index (χ0n) is 13.9. The number of anilines is 2. The van der Waals surface area contributed by atoms with E-state index in [-0.39, 0.29) is 0 Å². The molecular formula is C19H21N5. The summed E-state index contributed by atoms with van der Waals surface area (Å²) in [5.74, 6) is 0.974. The Labute approximate surface area is 142 Å². The summed E-state index contributed by atoms with van der Waals surface area (Å²) < 4.78 is 0. The number of pyridine rings is 1. The first-order valence-electron chi connectivity index (χ1n) is 8.43. The van der Waals surface area contributed by atoms with E-state index in [1.807, 2.05) is 42.9 Å². The number of nitrogens with zero attached hydrogens (tertiary/aromatic N) is 5. The van der Waals surface area contributed by atoms with E-state index in [4.69, 9.17) is 4.98 Å². The Balaban J connectivity index is 1.54. The molecule has 5 nitrogen and oxygen atoms in total. The fraction of sp³-hybridized carbons (Fsp3) is 0.316. The minimum atomic E-state index is 0.949. The van der Waals surface area contributed by atoms with E-state index in [9.17, 15) is 0 Å². The van der Waals surface area contributed by atoms with Crippen molar-refractivity contribution in [3.05, 3.63) is 54.5 Å². The SMILES string of the molecule is Cc1cnccc1N1CCCN(c2cnc3ccccc3n2)CC1. The quantitative estimate of drug-likeness (QED) is 0.726. The Kier molecular flexibility index (Phi) is 3.99. The van der Waals surface area contributed by atoms with Crippen molar-refractivity contribution in [1.82, 2.24) is 15.0 Å². The maximum absolute atomic E-state index is 4.79. The Bertz CT molecular complexity index is 848. The number of hydrogen-bond acceptors (Lipinski definition) is 5. The molecule has 1 saturated heterocycles. The lowest BCUT2D eigenvalue weighted by atomic mass is 10.2. The van der Waals surface area contributed by atoms with E-state index in [1.165, 1.54) is 11.3 Å². The Morgan fingerprint density at radius 1 is 0.875 bits per heavy atom. The molecule has 3 heterocycles. The van der Waals surface area contributed by atoms with Crippen LogP contribution in [0, 0.1) is 6.92 Å². The Morgan fingerprint density at radius 3 is 2.54 bits per heavy atom. The lowest BCUT2D eigenvalue weighted by Crippen LogP contribution is -2.31. The van der Waals surface area contributed by atoms with Crippen molar-refractivity contribution in [3.8, 4) is 0 Å². The zero-order chi connectivity index (χ0) is 16.4. The van der Waals surface area contributed by atoms with Gasteiger partial charge >= 0.3 is 0 Å². The number of hydrogen-bond donors (Lipinski definition) is 0. The molecule has 0 radical (unpaired) electrons. The molecule has 1 fully saturated rings. The topological polar surface area (TPSA) is 45.2 Å². The predicted molar refractivity (Wildman–Crippen MR) is 97.6 cm³/mol. The van der Waals surface area contributed by atoms with Crippen LogP contribution in [0.2, 0.25) is 0 Å². The minimum absolute atomic E-state index is 0.949. The van der Waals surface area contributed by atoms with Crippen LogP contribution in [-0.4, -0.2) is 41.1 Å². The molecule has 122 valence electrons. The summed E-state index contributed by atoms with van der Waals surface area (Å²) in [4.78, 5) is 18.3. The molecule has 1 aliphatic heterocycles. The molecule has 24 heavy (non-hydrogen) atoms. The van der Waals surface area contributed by atoms with Gasteiger partial charge in [-0.05, 0) is 37.1 Å². The first-order chi connectivity index (χ1) is 11.8. The highest BCUT2D eigenvalue weighted by atomic mass is 15.3. The molecule has 0 aliphatic carbocycles. The molecule has 0 unspecified atom stereocenters. The molecule has 0 atom stereocenters. The fourth-order valence-corrected chi connectivity index (χ4v) is 3.31. The Hall–Kier alpha value is -2.69. The summed E-state index contributed by atoms with van der Waals surface area (Å²) in [6.45, 7) is 6.13. The van der Waals surface area contributed by atoms with Crippen LogP contribution in [0.25, 0.3) is 11.0 Å². The zero-order valence-corrected chi connectivity index (χ0v) is 13.9. The van der Waals surface area contributed by atoms with E-state index < -0.39 is 0 Å². The summed E-state index contributed by atoms with van der Waals surface area (Å²) >= 11 is 0. The van der Waals surface area contributed by atoms with Gasteiger partial charge in [0.1, 0.15) is 5.82 Å². The molecule has 2 aromatic heterocycles. The second-order valence-electron chi connectivity index (χ2n) is 6.21. The van der Waals surface area contributed by atoms with E-state index in [2.05, 4.69) is 32.8 Å². The fourth-order valence-electron chi connectivity index (χ4n) is 3.31. The van der Waals surface area contributed by atoms with Crippen molar-refractivity contribution in [2.75, 3.05) is 36.0 Å². The first kappa shape index (κ1) is 14.9. The van der Waals surface area contributed by atoms with Gasteiger partial charge in [-0.2, -0.15) is 0 Å². The van der Waals surface area contributed by atoms with Gasteiger partial charge in [-0.15, -0.1) is 0 Å². The van der Waals surface area contributed by atoms with Crippen LogP contribution in [0.15, 0.2) is 48.9 Å². The van der Waals surface area contributed by atoms with Crippen LogP contribution >= 0.6 is 0 Å². The molecule has 4 rings (SSSR count). The number of fused-ring (bicyclic) bond motifs is 1. The average Bonchev–Trinajstić information content (AvgIpc) is 2.88. The maximum Gasteiger partial charge on any atom is 0.147 e. The monoisotopic (exact) mass is 319 g/mol. The standard InChI is InChI=1S/C19H21N5/c1-15-13-20-8-7-18(15)23-9-4-10-24(12-11-23)19-14-21-16-5-2-3-6-17(16)22-19/h2-3,5-8,13-14H,4,9-12H2,1H3. The molecule has 1 aromatic carbocycles. The van der Waals surface area contributed by atoms with Crippen molar-refractivity contribution in [2.24, 2.45) is 0 Å². The molecule has 0 saturated carbocycles. The number of aryl methyl sites for hydroxylation is 1. The normalized spacial score (nSPS) is 15.5. The Morgan fingerprint density at radius 2 is 1.67 bits per heavy atom. The highest BCUT2D eigenvalue weighted by Gasteiger charge is 2.18. The van der Waals surface area contributed by atoms with Gasteiger partial charge in [0, 0.05) is 44.3 Å². The van der Waals surface area contributed by atoms with Crippen molar-refractivity contribution in [3.63, 3.8) is 0 Å². The van der Waals surface area contributed by atoms with Gasteiger partial charge in [0.25, 0.3) is 0 Å².